The monoisotopic (exact) mass is 519 g/mol. The van der Waals surface area contributed by atoms with E-state index in [9.17, 15) is 14.0 Å². The molecule has 1 fully saturated rings. The third kappa shape index (κ3) is 5.24. The molecule has 4 heterocycles. The number of rotatable bonds is 6. The molecule has 38 heavy (non-hydrogen) atoms. The highest BCUT2D eigenvalue weighted by molar-refractivity contribution is 5.65. The Bertz CT molecular complexity index is 1500. The normalized spacial score (nSPS) is 18.2. The molecule has 0 spiro atoms. The molecule has 4 aromatic rings. The standard InChI is InChI=1S/C26H26FN7O4/c1-16(24-22(35)6-9-34(31-24)19-11-30-32(2)14-19)17-4-3-5-18(10-17)25-28-12-20(13-29-25)38-23-7-8-33(26(36)37)15-21(23)27/h3-6,9-14,16,21,23H,7-8,15H2,1-2H3,(H,36,37)/t16?,21-,23+/m1/s1. The summed E-state index contributed by atoms with van der Waals surface area (Å²) >= 11 is 0. The second kappa shape index (κ2) is 10.4. The van der Waals surface area contributed by atoms with E-state index in [2.05, 4.69) is 20.2 Å². The third-order valence-electron chi connectivity index (χ3n) is 6.51. The van der Waals surface area contributed by atoms with Gasteiger partial charge in [-0.3, -0.25) is 9.48 Å². The van der Waals surface area contributed by atoms with Gasteiger partial charge in [0.1, 0.15) is 17.5 Å². The topological polar surface area (TPSA) is 128 Å². The van der Waals surface area contributed by atoms with Gasteiger partial charge in [0.25, 0.3) is 0 Å². The smallest absolute Gasteiger partial charge is 0.407 e. The minimum atomic E-state index is -1.44. The number of piperidine rings is 1. The van der Waals surface area contributed by atoms with E-state index in [1.54, 1.807) is 21.8 Å². The van der Waals surface area contributed by atoms with Crippen molar-refractivity contribution in [2.24, 2.45) is 7.05 Å². The fraction of sp³-hybridized carbons (Fsp3) is 0.308. The maximum absolute atomic E-state index is 14.4. The van der Waals surface area contributed by atoms with Gasteiger partial charge in [0.2, 0.25) is 5.43 Å². The number of ether oxygens (including phenoxy) is 1. The lowest BCUT2D eigenvalue weighted by atomic mass is 9.95. The number of halogens is 1. The van der Waals surface area contributed by atoms with E-state index in [-0.39, 0.29) is 30.9 Å². The molecule has 1 aliphatic rings. The van der Waals surface area contributed by atoms with E-state index in [1.165, 1.54) is 18.5 Å². The predicted octanol–water partition coefficient (Wildman–Crippen LogP) is 3.04. The number of aromatic nitrogens is 6. The first-order chi connectivity index (χ1) is 18.3. The summed E-state index contributed by atoms with van der Waals surface area (Å²) in [6, 6.07) is 9.03. The molecule has 1 aromatic carbocycles. The Balaban J connectivity index is 1.32. The van der Waals surface area contributed by atoms with E-state index in [0.29, 0.717) is 17.3 Å². The Labute approximate surface area is 217 Å². The molecule has 5 rings (SSSR count). The van der Waals surface area contributed by atoms with E-state index in [1.807, 2.05) is 44.4 Å². The van der Waals surface area contributed by atoms with Crippen LogP contribution in [0.3, 0.4) is 0 Å². The van der Waals surface area contributed by atoms with Crippen molar-refractivity contribution in [2.75, 3.05) is 13.1 Å². The van der Waals surface area contributed by atoms with Gasteiger partial charge in [-0.15, -0.1) is 0 Å². The largest absolute Gasteiger partial charge is 0.484 e. The SMILES string of the molecule is CC(c1cccc(-c2ncc(O[C@H]3CCN(C(=O)O)C[C@H]3F)cn2)c1)c1nn(-c2cnn(C)c2)ccc1=O. The second-order valence-corrected chi connectivity index (χ2v) is 9.16. The van der Waals surface area contributed by atoms with Crippen molar-refractivity contribution in [3.63, 3.8) is 0 Å². The summed E-state index contributed by atoms with van der Waals surface area (Å²) in [5.74, 6) is 0.448. The van der Waals surface area contributed by atoms with Crippen LogP contribution >= 0.6 is 0 Å². The van der Waals surface area contributed by atoms with Gasteiger partial charge < -0.3 is 14.7 Å². The van der Waals surface area contributed by atoms with Crippen molar-refractivity contribution < 1.29 is 19.0 Å². The lowest BCUT2D eigenvalue weighted by Gasteiger charge is -2.32. The zero-order chi connectivity index (χ0) is 26.8. The number of carboxylic acid groups (broad SMARTS) is 1. The van der Waals surface area contributed by atoms with Gasteiger partial charge in [-0.25, -0.2) is 23.8 Å². The summed E-state index contributed by atoms with van der Waals surface area (Å²) in [4.78, 5) is 33.5. The summed E-state index contributed by atoms with van der Waals surface area (Å²) in [6.45, 7) is 1.89. The molecule has 0 radical (unpaired) electrons. The van der Waals surface area contributed by atoms with Crippen molar-refractivity contribution in [2.45, 2.75) is 31.5 Å². The fourth-order valence-corrected chi connectivity index (χ4v) is 4.39. The maximum Gasteiger partial charge on any atom is 0.407 e. The van der Waals surface area contributed by atoms with Crippen LogP contribution in [-0.2, 0) is 7.05 Å². The fourth-order valence-electron chi connectivity index (χ4n) is 4.39. The average Bonchev–Trinajstić information content (AvgIpc) is 3.36. The number of carbonyl (C=O) groups is 1. The molecule has 11 nitrogen and oxygen atoms in total. The quantitative estimate of drug-likeness (QED) is 0.412. The first-order valence-corrected chi connectivity index (χ1v) is 12.1. The number of hydrogen-bond acceptors (Lipinski definition) is 7. The predicted molar refractivity (Wildman–Crippen MR) is 135 cm³/mol. The summed E-state index contributed by atoms with van der Waals surface area (Å²) in [5.41, 5.74) is 2.58. The molecule has 1 amide bonds. The van der Waals surface area contributed by atoms with Crippen LogP contribution in [0, 0.1) is 0 Å². The molecule has 1 N–H and O–H groups in total. The average molecular weight is 520 g/mol. The molecule has 1 unspecified atom stereocenters. The van der Waals surface area contributed by atoms with E-state index in [0.717, 1.165) is 21.7 Å². The van der Waals surface area contributed by atoms with Crippen LogP contribution in [0.15, 0.2) is 66.1 Å². The first kappa shape index (κ1) is 25.1. The third-order valence-corrected chi connectivity index (χ3v) is 6.51. The van der Waals surface area contributed by atoms with Gasteiger partial charge in [0, 0.05) is 43.8 Å². The van der Waals surface area contributed by atoms with E-state index < -0.39 is 18.4 Å². The Hall–Kier alpha value is -4.61. The van der Waals surface area contributed by atoms with Gasteiger partial charge in [-0.2, -0.15) is 10.2 Å². The highest BCUT2D eigenvalue weighted by Crippen LogP contribution is 2.26. The van der Waals surface area contributed by atoms with Crippen LogP contribution in [0.25, 0.3) is 17.1 Å². The lowest BCUT2D eigenvalue weighted by Crippen LogP contribution is -2.48. The van der Waals surface area contributed by atoms with Gasteiger partial charge in [0.15, 0.2) is 17.7 Å². The Morgan fingerprint density at radius 3 is 2.68 bits per heavy atom. The number of hydrogen-bond donors (Lipinski definition) is 1. The van der Waals surface area contributed by atoms with Crippen molar-refractivity contribution in [1.82, 2.24) is 34.4 Å². The zero-order valence-electron chi connectivity index (χ0n) is 20.8. The summed E-state index contributed by atoms with van der Waals surface area (Å²) < 4.78 is 23.4. The zero-order valence-corrected chi connectivity index (χ0v) is 20.8. The highest BCUT2D eigenvalue weighted by atomic mass is 19.1. The van der Waals surface area contributed by atoms with Crippen molar-refractivity contribution in [1.29, 1.82) is 0 Å². The van der Waals surface area contributed by atoms with Crippen molar-refractivity contribution in [3.8, 4) is 22.8 Å². The summed E-state index contributed by atoms with van der Waals surface area (Å²) in [6.07, 6.45) is 4.94. The lowest BCUT2D eigenvalue weighted by molar-refractivity contribution is 0.0245. The minimum Gasteiger partial charge on any atom is -0.484 e. The molecule has 1 saturated heterocycles. The van der Waals surface area contributed by atoms with Gasteiger partial charge >= 0.3 is 6.09 Å². The summed E-state index contributed by atoms with van der Waals surface area (Å²) in [7, 11) is 1.81. The van der Waals surface area contributed by atoms with Crippen LogP contribution in [0.4, 0.5) is 9.18 Å². The number of amides is 1. The molecular formula is C26H26FN7O4. The molecule has 0 aliphatic carbocycles. The van der Waals surface area contributed by atoms with Gasteiger partial charge in [0.05, 0.1) is 31.3 Å². The Morgan fingerprint density at radius 1 is 1.21 bits per heavy atom. The molecule has 12 heteroatoms. The Morgan fingerprint density at radius 2 is 2.00 bits per heavy atom. The number of likely N-dealkylation sites (tertiary alicyclic amines) is 1. The van der Waals surface area contributed by atoms with Crippen molar-refractivity contribution >= 4 is 6.09 Å². The molecule has 3 atom stereocenters. The van der Waals surface area contributed by atoms with Gasteiger partial charge in [-0.1, -0.05) is 25.1 Å². The molecular weight excluding hydrogens is 493 g/mol. The van der Waals surface area contributed by atoms with Crippen LogP contribution in [-0.4, -0.2) is 71.0 Å². The van der Waals surface area contributed by atoms with Crippen molar-refractivity contribution in [3.05, 3.63) is 82.8 Å². The van der Waals surface area contributed by atoms with E-state index >= 15 is 0 Å². The van der Waals surface area contributed by atoms with Gasteiger partial charge in [-0.05, 0) is 11.6 Å². The van der Waals surface area contributed by atoms with Crippen LogP contribution in [0.2, 0.25) is 0 Å². The second-order valence-electron chi connectivity index (χ2n) is 9.16. The first-order valence-electron chi connectivity index (χ1n) is 12.1. The number of alkyl halides is 1. The van der Waals surface area contributed by atoms with Crippen LogP contribution in [0.1, 0.15) is 30.5 Å². The number of nitrogens with zero attached hydrogens (tertiary/aromatic N) is 7. The molecule has 3 aromatic heterocycles. The van der Waals surface area contributed by atoms with Crippen LogP contribution in [0.5, 0.6) is 5.75 Å². The Kier molecular flexibility index (Phi) is 6.86. The highest BCUT2D eigenvalue weighted by Gasteiger charge is 2.33. The molecule has 196 valence electrons. The number of benzene rings is 1. The van der Waals surface area contributed by atoms with E-state index in [4.69, 9.17) is 9.84 Å². The minimum absolute atomic E-state index is 0.166. The number of aryl methyl sites for hydroxylation is 1. The molecule has 0 saturated carbocycles. The maximum atomic E-state index is 14.4. The molecule has 0 bridgehead atoms. The van der Waals surface area contributed by atoms with Crippen LogP contribution < -0.4 is 10.2 Å². The summed E-state index contributed by atoms with van der Waals surface area (Å²) in [5, 5.41) is 17.8. The molecule has 1 aliphatic heterocycles.